The minimum Gasteiger partial charge on any atom is -0.494 e. The molecule has 0 aliphatic heterocycles. The van der Waals surface area contributed by atoms with Crippen LogP contribution < -0.4 is 14.8 Å². The Balaban J connectivity index is 1.53. The molecule has 5 heteroatoms. The smallest absolute Gasteiger partial charge is 0.137 e. The molecular formula is C21H25N3O2. The fraction of sp³-hybridized carbons (Fsp3) is 0.333. The van der Waals surface area contributed by atoms with Gasteiger partial charge in [0.15, 0.2) is 0 Å². The zero-order valence-electron chi connectivity index (χ0n) is 15.3. The summed E-state index contributed by atoms with van der Waals surface area (Å²) in [6, 6.07) is 15.8. The van der Waals surface area contributed by atoms with Gasteiger partial charge >= 0.3 is 0 Å². The quantitative estimate of drug-likeness (QED) is 0.567. The molecule has 136 valence electrons. The summed E-state index contributed by atoms with van der Waals surface area (Å²) in [5, 5.41) is 4.41. The number of para-hydroxylation sites is 1. The van der Waals surface area contributed by atoms with Crippen LogP contribution in [0.15, 0.2) is 54.9 Å². The lowest BCUT2D eigenvalue weighted by Crippen LogP contribution is -2.24. The van der Waals surface area contributed by atoms with E-state index in [-0.39, 0.29) is 6.04 Å². The van der Waals surface area contributed by atoms with Crippen LogP contribution in [0, 0.1) is 0 Å². The summed E-state index contributed by atoms with van der Waals surface area (Å²) in [5.41, 5.74) is 0.928. The van der Waals surface area contributed by atoms with Gasteiger partial charge in [-0.25, -0.2) is 9.97 Å². The molecule has 3 aromatic rings. The molecular weight excluding hydrogens is 326 g/mol. The van der Waals surface area contributed by atoms with Crippen LogP contribution in [0.4, 0.5) is 5.82 Å². The van der Waals surface area contributed by atoms with Gasteiger partial charge in [-0.05, 0) is 49.7 Å². The standard InChI is InChI=1S/C21H25N3O2/c1-3-4-13-25-17-9-11-18(12-10-17)26-14-16(2)24-21-19-7-5-6-8-20(19)22-15-23-21/h5-12,15-16H,3-4,13-14H2,1-2H3,(H,22,23,24). The van der Waals surface area contributed by atoms with Gasteiger partial charge in [0.2, 0.25) is 0 Å². The van der Waals surface area contributed by atoms with Crippen molar-refractivity contribution in [3.8, 4) is 11.5 Å². The summed E-state index contributed by atoms with van der Waals surface area (Å²) >= 11 is 0. The highest BCUT2D eigenvalue weighted by Crippen LogP contribution is 2.20. The Morgan fingerprint density at radius 1 is 0.962 bits per heavy atom. The second-order valence-electron chi connectivity index (χ2n) is 6.27. The zero-order chi connectivity index (χ0) is 18.2. The number of rotatable bonds is 9. The van der Waals surface area contributed by atoms with Crippen molar-refractivity contribution in [2.75, 3.05) is 18.5 Å². The van der Waals surface area contributed by atoms with Gasteiger partial charge < -0.3 is 14.8 Å². The van der Waals surface area contributed by atoms with Gasteiger partial charge in [0, 0.05) is 5.39 Å². The molecule has 0 fully saturated rings. The van der Waals surface area contributed by atoms with Crippen LogP contribution >= 0.6 is 0 Å². The first-order chi connectivity index (χ1) is 12.8. The van der Waals surface area contributed by atoms with Gasteiger partial charge in [0.1, 0.15) is 30.3 Å². The molecule has 1 heterocycles. The van der Waals surface area contributed by atoms with Crippen molar-refractivity contribution >= 4 is 16.7 Å². The molecule has 0 aliphatic carbocycles. The molecule has 1 atom stereocenters. The summed E-state index contributed by atoms with van der Waals surface area (Å²) < 4.78 is 11.5. The molecule has 0 spiro atoms. The SMILES string of the molecule is CCCCOc1ccc(OCC(C)Nc2ncnc3ccccc23)cc1. The fourth-order valence-corrected chi connectivity index (χ4v) is 2.58. The Hall–Kier alpha value is -2.82. The molecule has 0 amide bonds. The van der Waals surface area contributed by atoms with E-state index in [0.717, 1.165) is 47.7 Å². The Labute approximate surface area is 154 Å². The van der Waals surface area contributed by atoms with Gasteiger partial charge in [0.05, 0.1) is 18.2 Å². The summed E-state index contributed by atoms with van der Waals surface area (Å²) in [5.74, 6) is 2.53. The number of benzene rings is 2. The van der Waals surface area contributed by atoms with Crippen molar-refractivity contribution in [2.45, 2.75) is 32.7 Å². The molecule has 1 N–H and O–H groups in total. The second-order valence-corrected chi connectivity index (χ2v) is 6.27. The minimum atomic E-state index is 0.105. The number of fused-ring (bicyclic) bond motifs is 1. The molecule has 0 saturated carbocycles. The Kier molecular flexibility index (Phi) is 6.25. The lowest BCUT2D eigenvalue weighted by molar-refractivity contribution is 0.298. The second kappa shape index (κ2) is 9.04. The van der Waals surface area contributed by atoms with Crippen LogP contribution in [0.1, 0.15) is 26.7 Å². The van der Waals surface area contributed by atoms with Gasteiger partial charge in [-0.2, -0.15) is 0 Å². The zero-order valence-corrected chi connectivity index (χ0v) is 15.3. The van der Waals surface area contributed by atoms with E-state index >= 15 is 0 Å². The van der Waals surface area contributed by atoms with Crippen molar-refractivity contribution in [3.05, 3.63) is 54.9 Å². The third kappa shape index (κ3) is 4.85. The molecule has 0 saturated heterocycles. The predicted octanol–water partition coefficient (Wildman–Crippen LogP) is 4.69. The van der Waals surface area contributed by atoms with Crippen molar-refractivity contribution < 1.29 is 9.47 Å². The fourth-order valence-electron chi connectivity index (χ4n) is 2.58. The molecule has 0 bridgehead atoms. The average molecular weight is 351 g/mol. The van der Waals surface area contributed by atoms with Crippen LogP contribution in [0.3, 0.4) is 0 Å². The third-order valence-corrected chi connectivity index (χ3v) is 4.02. The van der Waals surface area contributed by atoms with E-state index in [1.54, 1.807) is 6.33 Å². The van der Waals surface area contributed by atoms with E-state index in [0.29, 0.717) is 6.61 Å². The monoisotopic (exact) mass is 351 g/mol. The Bertz CT molecular complexity index is 816. The first-order valence-electron chi connectivity index (χ1n) is 9.08. The maximum Gasteiger partial charge on any atom is 0.137 e. The highest BCUT2D eigenvalue weighted by Gasteiger charge is 2.08. The Morgan fingerprint density at radius 2 is 1.69 bits per heavy atom. The van der Waals surface area contributed by atoms with Gasteiger partial charge in [-0.3, -0.25) is 0 Å². The summed E-state index contributed by atoms with van der Waals surface area (Å²) in [7, 11) is 0. The maximum absolute atomic E-state index is 5.87. The number of nitrogens with one attached hydrogen (secondary N) is 1. The lowest BCUT2D eigenvalue weighted by Gasteiger charge is -2.16. The summed E-state index contributed by atoms with van der Waals surface area (Å²) in [4.78, 5) is 8.64. The number of anilines is 1. The van der Waals surface area contributed by atoms with Gasteiger partial charge in [-0.15, -0.1) is 0 Å². The topological polar surface area (TPSA) is 56.3 Å². The molecule has 0 aliphatic rings. The van der Waals surface area contributed by atoms with Crippen LogP contribution in [0.2, 0.25) is 0 Å². The third-order valence-electron chi connectivity index (χ3n) is 4.02. The first kappa shape index (κ1) is 18.0. The van der Waals surface area contributed by atoms with Crippen LogP contribution in [-0.2, 0) is 0 Å². The number of hydrogen-bond acceptors (Lipinski definition) is 5. The van der Waals surface area contributed by atoms with E-state index in [1.165, 1.54) is 0 Å². The highest BCUT2D eigenvalue weighted by molar-refractivity contribution is 5.88. The number of hydrogen-bond donors (Lipinski definition) is 1. The van der Waals surface area contributed by atoms with Crippen LogP contribution in [0.25, 0.3) is 10.9 Å². The van der Waals surface area contributed by atoms with Crippen LogP contribution in [0.5, 0.6) is 11.5 Å². The van der Waals surface area contributed by atoms with Crippen molar-refractivity contribution in [3.63, 3.8) is 0 Å². The van der Waals surface area contributed by atoms with Crippen molar-refractivity contribution in [2.24, 2.45) is 0 Å². The number of ether oxygens (including phenoxy) is 2. The normalized spacial score (nSPS) is 11.9. The van der Waals surface area contributed by atoms with E-state index in [9.17, 15) is 0 Å². The summed E-state index contributed by atoms with van der Waals surface area (Å²) in [6.07, 6.45) is 3.78. The van der Waals surface area contributed by atoms with Crippen LogP contribution in [-0.4, -0.2) is 29.2 Å². The molecule has 26 heavy (non-hydrogen) atoms. The number of unbranched alkanes of at least 4 members (excludes halogenated alkanes) is 1. The van der Waals surface area contributed by atoms with Crippen molar-refractivity contribution in [1.82, 2.24) is 9.97 Å². The molecule has 1 aromatic heterocycles. The van der Waals surface area contributed by atoms with Gasteiger partial charge in [0.25, 0.3) is 0 Å². The van der Waals surface area contributed by atoms with Crippen molar-refractivity contribution in [1.29, 1.82) is 0 Å². The largest absolute Gasteiger partial charge is 0.494 e. The molecule has 0 radical (unpaired) electrons. The van der Waals surface area contributed by atoms with E-state index in [4.69, 9.17) is 9.47 Å². The predicted molar refractivity (Wildman–Crippen MR) is 105 cm³/mol. The summed E-state index contributed by atoms with van der Waals surface area (Å²) in [6.45, 7) is 5.51. The van der Waals surface area contributed by atoms with E-state index in [2.05, 4.69) is 29.1 Å². The van der Waals surface area contributed by atoms with E-state index in [1.807, 2.05) is 48.5 Å². The Morgan fingerprint density at radius 3 is 2.46 bits per heavy atom. The maximum atomic E-state index is 5.87. The van der Waals surface area contributed by atoms with Gasteiger partial charge in [-0.1, -0.05) is 25.5 Å². The molecule has 2 aromatic carbocycles. The average Bonchev–Trinajstić information content (AvgIpc) is 2.68. The lowest BCUT2D eigenvalue weighted by atomic mass is 10.2. The minimum absolute atomic E-state index is 0.105. The van der Waals surface area contributed by atoms with E-state index < -0.39 is 0 Å². The highest BCUT2D eigenvalue weighted by atomic mass is 16.5. The molecule has 5 nitrogen and oxygen atoms in total. The molecule has 1 unspecified atom stereocenters. The molecule has 3 rings (SSSR count). The number of nitrogens with zero attached hydrogens (tertiary/aromatic N) is 2. The number of aromatic nitrogens is 2. The first-order valence-corrected chi connectivity index (χ1v) is 9.08.